The minimum absolute atomic E-state index is 0.125. The lowest BCUT2D eigenvalue weighted by atomic mass is 10.1. The van der Waals surface area contributed by atoms with Gasteiger partial charge in [-0.1, -0.05) is 0 Å². The van der Waals surface area contributed by atoms with E-state index in [1.54, 1.807) is 13.8 Å². The average molecular weight is 241 g/mol. The number of nitrogens with one attached hydrogen (secondary N) is 1. The van der Waals surface area contributed by atoms with E-state index in [2.05, 4.69) is 5.32 Å². The normalized spacial score (nSPS) is 16.8. The average Bonchev–Trinajstić information content (AvgIpc) is 2.28. The topological polar surface area (TPSA) is 75.4 Å². The van der Waals surface area contributed by atoms with E-state index in [9.17, 15) is 9.59 Å². The maximum atomic E-state index is 11.8. The fraction of sp³-hybridized carbons (Fsp3) is 0.833. The molecule has 0 saturated carbocycles. The molecule has 1 aliphatic heterocycles. The molecule has 0 radical (unpaired) electrons. The van der Waals surface area contributed by atoms with E-state index in [-0.39, 0.29) is 11.8 Å². The Morgan fingerprint density at radius 2 is 1.82 bits per heavy atom. The Hall–Kier alpha value is -1.10. The Labute approximate surface area is 103 Å². The molecule has 0 unspecified atom stereocenters. The molecular weight excluding hydrogens is 218 g/mol. The van der Waals surface area contributed by atoms with E-state index < -0.39 is 5.54 Å². The summed E-state index contributed by atoms with van der Waals surface area (Å²) in [4.78, 5) is 25.1. The third-order valence-corrected chi connectivity index (χ3v) is 2.92. The molecule has 98 valence electrons. The van der Waals surface area contributed by atoms with Crippen molar-refractivity contribution >= 4 is 11.8 Å². The summed E-state index contributed by atoms with van der Waals surface area (Å²) in [5, 5.41) is 2.68. The monoisotopic (exact) mass is 241 g/mol. The highest BCUT2D eigenvalue weighted by molar-refractivity contribution is 5.85. The highest BCUT2D eigenvalue weighted by Gasteiger charge is 2.22. The SMILES string of the molecule is CC(C)(N)C(=O)NCCC(=O)N1CCCCC1. The van der Waals surface area contributed by atoms with E-state index >= 15 is 0 Å². The van der Waals surface area contributed by atoms with Gasteiger partial charge in [0.25, 0.3) is 0 Å². The fourth-order valence-corrected chi connectivity index (χ4v) is 1.81. The summed E-state index contributed by atoms with van der Waals surface area (Å²) >= 11 is 0. The van der Waals surface area contributed by atoms with Gasteiger partial charge in [0.1, 0.15) is 0 Å². The number of amides is 2. The van der Waals surface area contributed by atoms with Crippen LogP contribution in [0.3, 0.4) is 0 Å². The van der Waals surface area contributed by atoms with Crippen LogP contribution in [0.5, 0.6) is 0 Å². The van der Waals surface area contributed by atoms with Gasteiger partial charge >= 0.3 is 0 Å². The van der Waals surface area contributed by atoms with Crippen molar-refractivity contribution in [3.05, 3.63) is 0 Å². The van der Waals surface area contributed by atoms with Crippen molar-refractivity contribution in [2.24, 2.45) is 5.73 Å². The Morgan fingerprint density at radius 3 is 2.35 bits per heavy atom. The first kappa shape index (κ1) is 14.0. The van der Waals surface area contributed by atoms with Crippen molar-refractivity contribution in [2.75, 3.05) is 19.6 Å². The maximum absolute atomic E-state index is 11.8. The summed E-state index contributed by atoms with van der Waals surface area (Å²) in [6.45, 7) is 5.38. The van der Waals surface area contributed by atoms with Crippen molar-refractivity contribution in [1.82, 2.24) is 10.2 Å². The lowest BCUT2D eigenvalue weighted by Crippen LogP contribution is -2.49. The van der Waals surface area contributed by atoms with Gasteiger partial charge in [-0.05, 0) is 33.1 Å². The molecule has 17 heavy (non-hydrogen) atoms. The molecule has 5 heteroatoms. The number of hydrogen-bond donors (Lipinski definition) is 2. The zero-order valence-electron chi connectivity index (χ0n) is 10.8. The van der Waals surface area contributed by atoms with Gasteiger partial charge in [-0.25, -0.2) is 0 Å². The van der Waals surface area contributed by atoms with Crippen LogP contribution in [0, 0.1) is 0 Å². The lowest BCUT2D eigenvalue weighted by molar-refractivity contribution is -0.132. The van der Waals surface area contributed by atoms with Gasteiger partial charge in [0.15, 0.2) is 0 Å². The molecule has 0 atom stereocenters. The highest BCUT2D eigenvalue weighted by Crippen LogP contribution is 2.09. The molecule has 1 fully saturated rings. The molecule has 0 aliphatic carbocycles. The summed E-state index contributed by atoms with van der Waals surface area (Å²) in [5.74, 6) is -0.0937. The van der Waals surface area contributed by atoms with Gasteiger partial charge in [0.2, 0.25) is 11.8 Å². The Kier molecular flexibility index (Phi) is 4.93. The van der Waals surface area contributed by atoms with Crippen molar-refractivity contribution in [3.8, 4) is 0 Å². The number of carbonyl (C=O) groups excluding carboxylic acids is 2. The first-order chi connectivity index (χ1) is 7.91. The minimum Gasteiger partial charge on any atom is -0.354 e. The Morgan fingerprint density at radius 1 is 1.24 bits per heavy atom. The number of likely N-dealkylation sites (tertiary alicyclic amines) is 1. The second-order valence-electron chi connectivity index (χ2n) is 5.17. The number of piperidine rings is 1. The van der Waals surface area contributed by atoms with Gasteiger partial charge in [0, 0.05) is 26.1 Å². The van der Waals surface area contributed by atoms with E-state index in [0.29, 0.717) is 13.0 Å². The summed E-state index contributed by atoms with van der Waals surface area (Å²) in [6.07, 6.45) is 3.76. The molecule has 0 spiro atoms. The van der Waals surface area contributed by atoms with Crippen molar-refractivity contribution < 1.29 is 9.59 Å². The quantitative estimate of drug-likeness (QED) is 0.740. The van der Waals surface area contributed by atoms with Gasteiger partial charge in [-0.2, -0.15) is 0 Å². The molecule has 0 aromatic rings. The fourth-order valence-electron chi connectivity index (χ4n) is 1.81. The van der Waals surface area contributed by atoms with Crippen LogP contribution in [0.1, 0.15) is 39.5 Å². The molecule has 2 amide bonds. The number of carbonyl (C=O) groups is 2. The number of hydrogen-bond acceptors (Lipinski definition) is 3. The van der Waals surface area contributed by atoms with E-state index in [1.165, 1.54) is 6.42 Å². The van der Waals surface area contributed by atoms with Crippen molar-refractivity contribution in [3.63, 3.8) is 0 Å². The first-order valence-corrected chi connectivity index (χ1v) is 6.26. The summed E-state index contributed by atoms with van der Waals surface area (Å²) in [7, 11) is 0. The summed E-state index contributed by atoms with van der Waals surface area (Å²) in [5.41, 5.74) is 4.75. The zero-order chi connectivity index (χ0) is 12.9. The largest absolute Gasteiger partial charge is 0.354 e. The predicted octanol–water partition coefficient (Wildman–Crippen LogP) is 0.243. The molecule has 0 aromatic carbocycles. The van der Waals surface area contributed by atoms with Crippen LogP contribution >= 0.6 is 0 Å². The number of nitrogens with two attached hydrogens (primary N) is 1. The molecule has 3 N–H and O–H groups in total. The molecule has 1 saturated heterocycles. The third-order valence-electron chi connectivity index (χ3n) is 2.92. The predicted molar refractivity (Wildman–Crippen MR) is 66.3 cm³/mol. The van der Waals surface area contributed by atoms with Gasteiger partial charge < -0.3 is 16.0 Å². The summed E-state index contributed by atoms with van der Waals surface area (Å²) < 4.78 is 0. The van der Waals surface area contributed by atoms with Crippen LogP contribution in [0.2, 0.25) is 0 Å². The standard InChI is InChI=1S/C12H23N3O2/c1-12(2,13)11(17)14-7-6-10(16)15-8-4-3-5-9-15/h3-9,13H2,1-2H3,(H,14,17). The molecule has 1 aliphatic rings. The minimum atomic E-state index is -0.881. The van der Waals surface area contributed by atoms with Crippen LogP contribution in [0.15, 0.2) is 0 Å². The number of nitrogens with zero attached hydrogens (tertiary/aromatic N) is 1. The van der Waals surface area contributed by atoms with Crippen LogP contribution in [0.25, 0.3) is 0 Å². The van der Waals surface area contributed by atoms with Crippen LogP contribution in [-0.2, 0) is 9.59 Å². The van der Waals surface area contributed by atoms with Gasteiger partial charge in [-0.15, -0.1) is 0 Å². The van der Waals surface area contributed by atoms with Crippen LogP contribution in [0.4, 0.5) is 0 Å². The zero-order valence-corrected chi connectivity index (χ0v) is 10.8. The van der Waals surface area contributed by atoms with E-state index in [0.717, 1.165) is 25.9 Å². The van der Waals surface area contributed by atoms with E-state index in [4.69, 9.17) is 5.73 Å². The Bertz CT molecular complexity index is 278. The lowest BCUT2D eigenvalue weighted by Gasteiger charge is -2.27. The highest BCUT2D eigenvalue weighted by atomic mass is 16.2. The molecule has 0 aromatic heterocycles. The first-order valence-electron chi connectivity index (χ1n) is 6.26. The number of rotatable bonds is 4. The van der Waals surface area contributed by atoms with Crippen LogP contribution in [-0.4, -0.2) is 41.9 Å². The molecule has 0 bridgehead atoms. The van der Waals surface area contributed by atoms with Gasteiger partial charge in [-0.3, -0.25) is 9.59 Å². The second-order valence-corrected chi connectivity index (χ2v) is 5.17. The molecular formula is C12H23N3O2. The second kappa shape index (κ2) is 6.00. The molecule has 5 nitrogen and oxygen atoms in total. The third kappa shape index (κ3) is 4.73. The van der Waals surface area contributed by atoms with Crippen LogP contribution < -0.4 is 11.1 Å². The van der Waals surface area contributed by atoms with E-state index in [1.807, 2.05) is 4.90 Å². The molecule has 1 rings (SSSR count). The van der Waals surface area contributed by atoms with Crippen molar-refractivity contribution in [2.45, 2.75) is 45.1 Å². The van der Waals surface area contributed by atoms with Crippen molar-refractivity contribution in [1.29, 1.82) is 0 Å². The van der Waals surface area contributed by atoms with Gasteiger partial charge in [0.05, 0.1) is 5.54 Å². The molecule has 1 heterocycles. The smallest absolute Gasteiger partial charge is 0.239 e. The maximum Gasteiger partial charge on any atom is 0.239 e. The Balaban J connectivity index is 2.22. The summed E-state index contributed by atoms with van der Waals surface area (Å²) in [6, 6.07) is 0.